The summed E-state index contributed by atoms with van der Waals surface area (Å²) < 4.78 is 5.71. The lowest BCUT2D eigenvalue weighted by atomic mass is 10.1. The number of benzene rings is 1. The number of ether oxygens (including phenoxy) is 1. The number of aryl methyl sites for hydroxylation is 1. The van der Waals surface area contributed by atoms with Crippen LogP contribution >= 0.6 is 0 Å². The molecule has 0 bridgehead atoms. The van der Waals surface area contributed by atoms with Crippen molar-refractivity contribution < 1.29 is 9.53 Å². The molecular formula is C16H26N2O2. The maximum absolute atomic E-state index is 11.7. The average molecular weight is 278 g/mol. The Hall–Kier alpha value is -1.55. The fraction of sp³-hybridized carbons (Fsp3) is 0.562. The van der Waals surface area contributed by atoms with Gasteiger partial charge in [-0.25, -0.2) is 0 Å². The number of hydrogen-bond acceptors (Lipinski definition) is 3. The highest BCUT2D eigenvalue weighted by molar-refractivity contribution is 5.77. The quantitative estimate of drug-likeness (QED) is 0.682. The number of amides is 1. The Morgan fingerprint density at radius 2 is 2.10 bits per heavy atom. The van der Waals surface area contributed by atoms with Crippen LogP contribution in [0.3, 0.4) is 0 Å². The minimum Gasteiger partial charge on any atom is -0.483 e. The van der Waals surface area contributed by atoms with Crippen molar-refractivity contribution in [2.24, 2.45) is 0 Å². The predicted octanol–water partition coefficient (Wildman–Crippen LogP) is 2.40. The van der Waals surface area contributed by atoms with E-state index >= 15 is 0 Å². The highest BCUT2D eigenvalue weighted by Gasteiger charge is 2.09. The fourth-order valence-corrected chi connectivity index (χ4v) is 1.91. The van der Waals surface area contributed by atoms with Crippen molar-refractivity contribution in [3.8, 4) is 5.75 Å². The summed E-state index contributed by atoms with van der Waals surface area (Å²) in [5.74, 6) is 0.759. The molecule has 0 atom stereocenters. The second-order valence-corrected chi connectivity index (χ2v) is 4.84. The predicted molar refractivity (Wildman–Crippen MR) is 82.0 cm³/mol. The van der Waals surface area contributed by atoms with Gasteiger partial charge in [-0.15, -0.1) is 0 Å². The van der Waals surface area contributed by atoms with Crippen molar-refractivity contribution in [3.05, 3.63) is 29.3 Å². The highest BCUT2D eigenvalue weighted by atomic mass is 16.5. The lowest BCUT2D eigenvalue weighted by molar-refractivity contribution is -0.123. The standard InChI is InChI=1S/C16H26N2O2/c1-4-6-10-18-15(19)12-20-16-13(3)8-7-9-14(16)11-17-5-2/h7-9,17H,4-6,10-12H2,1-3H3,(H,18,19). The van der Waals surface area contributed by atoms with Gasteiger partial charge >= 0.3 is 0 Å². The first kappa shape index (κ1) is 16.5. The molecule has 0 unspecified atom stereocenters. The third kappa shape index (κ3) is 5.61. The summed E-state index contributed by atoms with van der Waals surface area (Å²) >= 11 is 0. The maximum Gasteiger partial charge on any atom is 0.257 e. The van der Waals surface area contributed by atoms with E-state index in [9.17, 15) is 4.79 Å². The number of nitrogens with one attached hydrogen (secondary N) is 2. The smallest absolute Gasteiger partial charge is 0.257 e. The number of hydrogen-bond donors (Lipinski definition) is 2. The fourth-order valence-electron chi connectivity index (χ4n) is 1.91. The van der Waals surface area contributed by atoms with Gasteiger partial charge in [-0.2, -0.15) is 0 Å². The van der Waals surface area contributed by atoms with E-state index < -0.39 is 0 Å². The first-order valence-corrected chi connectivity index (χ1v) is 7.37. The molecule has 0 radical (unpaired) electrons. The molecule has 20 heavy (non-hydrogen) atoms. The van der Waals surface area contributed by atoms with Crippen LogP contribution < -0.4 is 15.4 Å². The van der Waals surface area contributed by atoms with Gasteiger partial charge in [-0.05, 0) is 25.5 Å². The summed E-state index contributed by atoms with van der Waals surface area (Å²) in [5, 5.41) is 6.14. The number of carbonyl (C=O) groups excluding carboxylic acids is 1. The highest BCUT2D eigenvalue weighted by Crippen LogP contribution is 2.23. The van der Waals surface area contributed by atoms with Gasteiger partial charge in [0.05, 0.1) is 0 Å². The summed E-state index contributed by atoms with van der Waals surface area (Å²) in [7, 11) is 0. The van der Waals surface area contributed by atoms with E-state index in [-0.39, 0.29) is 12.5 Å². The Balaban J connectivity index is 2.55. The van der Waals surface area contributed by atoms with Gasteiger partial charge in [-0.3, -0.25) is 4.79 Å². The van der Waals surface area contributed by atoms with E-state index in [1.807, 2.05) is 25.1 Å². The largest absolute Gasteiger partial charge is 0.483 e. The van der Waals surface area contributed by atoms with Crippen molar-refractivity contribution in [3.63, 3.8) is 0 Å². The van der Waals surface area contributed by atoms with E-state index in [1.165, 1.54) is 0 Å². The minimum absolute atomic E-state index is 0.0592. The van der Waals surface area contributed by atoms with Crippen LogP contribution in [-0.2, 0) is 11.3 Å². The Kier molecular flexibility index (Phi) is 7.73. The average Bonchev–Trinajstić information content (AvgIpc) is 2.44. The molecule has 0 aliphatic carbocycles. The van der Waals surface area contributed by atoms with Crippen LogP contribution in [0.2, 0.25) is 0 Å². The normalized spacial score (nSPS) is 10.3. The molecule has 0 heterocycles. The summed E-state index contributed by atoms with van der Waals surface area (Å²) in [6, 6.07) is 6.04. The van der Waals surface area contributed by atoms with Gasteiger partial charge in [0, 0.05) is 18.7 Å². The van der Waals surface area contributed by atoms with Crippen molar-refractivity contribution >= 4 is 5.91 Å². The SMILES string of the molecule is CCCCNC(=O)COc1c(C)cccc1CNCC. The molecule has 0 saturated carbocycles. The van der Waals surface area contributed by atoms with E-state index in [0.29, 0.717) is 0 Å². The zero-order chi connectivity index (χ0) is 14.8. The molecule has 112 valence electrons. The molecule has 0 aliphatic rings. The van der Waals surface area contributed by atoms with Crippen LogP contribution in [-0.4, -0.2) is 25.6 Å². The van der Waals surface area contributed by atoms with Gasteiger partial charge in [0.15, 0.2) is 6.61 Å². The van der Waals surface area contributed by atoms with E-state index in [4.69, 9.17) is 4.74 Å². The number of rotatable bonds is 9. The molecule has 0 aromatic heterocycles. The summed E-state index contributed by atoms with van der Waals surface area (Å²) in [6.45, 7) is 8.63. The van der Waals surface area contributed by atoms with Crippen molar-refractivity contribution in [1.82, 2.24) is 10.6 Å². The molecule has 0 saturated heterocycles. The van der Waals surface area contributed by atoms with Gasteiger partial charge in [0.25, 0.3) is 5.91 Å². The first-order chi connectivity index (χ1) is 9.69. The van der Waals surface area contributed by atoms with E-state index in [2.05, 4.69) is 24.5 Å². The van der Waals surface area contributed by atoms with Crippen molar-refractivity contribution in [2.75, 3.05) is 19.7 Å². The van der Waals surface area contributed by atoms with Crippen molar-refractivity contribution in [1.29, 1.82) is 0 Å². The van der Waals surface area contributed by atoms with Gasteiger partial charge < -0.3 is 15.4 Å². The molecule has 4 nitrogen and oxygen atoms in total. The van der Waals surface area contributed by atoms with Crippen LogP contribution in [0, 0.1) is 6.92 Å². The summed E-state index contributed by atoms with van der Waals surface area (Å²) in [4.78, 5) is 11.7. The minimum atomic E-state index is -0.0592. The number of unbranched alkanes of at least 4 members (excludes halogenated alkanes) is 1. The van der Waals surface area contributed by atoms with Gasteiger partial charge in [-0.1, -0.05) is 38.5 Å². The molecule has 2 N–H and O–H groups in total. The van der Waals surface area contributed by atoms with Crippen LogP contribution in [0.15, 0.2) is 18.2 Å². The van der Waals surface area contributed by atoms with Crippen LogP contribution in [0.5, 0.6) is 5.75 Å². The first-order valence-electron chi connectivity index (χ1n) is 7.37. The summed E-state index contributed by atoms with van der Waals surface area (Å²) in [5.41, 5.74) is 2.15. The Labute approximate surface area is 121 Å². The number of carbonyl (C=O) groups is 1. The second kappa shape index (κ2) is 9.37. The monoisotopic (exact) mass is 278 g/mol. The lowest BCUT2D eigenvalue weighted by Gasteiger charge is -2.14. The van der Waals surface area contributed by atoms with Crippen LogP contribution in [0.1, 0.15) is 37.8 Å². The van der Waals surface area contributed by atoms with Gasteiger partial charge in [0.2, 0.25) is 0 Å². The summed E-state index contributed by atoms with van der Waals surface area (Å²) in [6.07, 6.45) is 2.08. The second-order valence-electron chi connectivity index (χ2n) is 4.84. The van der Waals surface area contributed by atoms with Crippen LogP contribution in [0.25, 0.3) is 0 Å². The molecule has 0 aliphatic heterocycles. The molecule has 0 fully saturated rings. The molecule has 1 aromatic rings. The maximum atomic E-state index is 11.7. The molecular weight excluding hydrogens is 252 g/mol. The van der Waals surface area contributed by atoms with E-state index in [1.54, 1.807) is 0 Å². The lowest BCUT2D eigenvalue weighted by Crippen LogP contribution is -2.30. The zero-order valence-corrected chi connectivity index (χ0v) is 12.8. The molecule has 1 amide bonds. The third-order valence-corrected chi connectivity index (χ3v) is 3.06. The molecule has 4 heteroatoms. The van der Waals surface area contributed by atoms with E-state index in [0.717, 1.165) is 49.4 Å². The zero-order valence-electron chi connectivity index (χ0n) is 12.8. The Morgan fingerprint density at radius 3 is 2.80 bits per heavy atom. The van der Waals surface area contributed by atoms with Gasteiger partial charge in [0.1, 0.15) is 5.75 Å². The van der Waals surface area contributed by atoms with Crippen LogP contribution in [0.4, 0.5) is 0 Å². The molecule has 1 aromatic carbocycles. The topological polar surface area (TPSA) is 50.4 Å². The Bertz CT molecular complexity index is 419. The van der Waals surface area contributed by atoms with Crippen molar-refractivity contribution in [2.45, 2.75) is 40.2 Å². The molecule has 0 spiro atoms. The number of para-hydroxylation sites is 1. The Morgan fingerprint density at radius 1 is 1.30 bits per heavy atom. The molecule has 1 rings (SSSR count). The third-order valence-electron chi connectivity index (χ3n) is 3.06.